The van der Waals surface area contributed by atoms with Gasteiger partial charge in [0.1, 0.15) is 11.6 Å². The number of carbonyl (C=O) groups is 1. The van der Waals surface area contributed by atoms with E-state index in [1.54, 1.807) is 0 Å². The Morgan fingerprint density at radius 2 is 2.25 bits per heavy atom. The van der Waals surface area contributed by atoms with Crippen molar-refractivity contribution < 1.29 is 9.53 Å². The minimum atomic E-state index is 0.214. The van der Waals surface area contributed by atoms with Crippen molar-refractivity contribution in [2.24, 2.45) is 0 Å². The van der Waals surface area contributed by atoms with Gasteiger partial charge in [-0.25, -0.2) is 9.97 Å². The molecule has 1 aromatic heterocycles. The van der Waals surface area contributed by atoms with Gasteiger partial charge in [-0.05, 0) is 6.92 Å². The van der Waals surface area contributed by atoms with E-state index in [4.69, 9.17) is 4.74 Å². The van der Waals surface area contributed by atoms with Crippen molar-refractivity contribution in [3.8, 4) is 0 Å². The van der Waals surface area contributed by atoms with E-state index in [1.165, 1.54) is 0 Å². The minimum absolute atomic E-state index is 0.214. The Hall–Kier alpha value is -1.29. The molecule has 0 atom stereocenters. The Balaban J connectivity index is 2.35. The van der Waals surface area contributed by atoms with Crippen molar-refractivity contribution in [3.05, 3.63) is 22.8 Å². The molecule has 0 bridgehead atoms. The number of ketones is 1. The van der Waals surface area contributed by atoms with Gasteiger partial charge < -0.3 is 4.74 Å². The molecule has 0 amide bonds. The third-order valence-corrected chi connectivity index (χ3v) is 2.78. The van der Waals surface area contributed by atoms with Crippen LogP contribution in [0.3, 0.4) is 0 Å². The lowest BCUT2D eigenvalue weighted by Crippen LogP contribution is -2.18. The number of Topliss-reactive ketones (excluding diaryl/α,β-unsaturated/α-hetero) is 1. The zero-order chi connectivity index (χ0) is 11.5. The third-order valence-electron chi connectivity index (χ3n) is 2.78. The number of aromatic nitrogens is 2. The van der Waals surface area contributed by atoms with E-state index in [9.17, 15) is 4.79 Å². The topological polar surface area (TPSA) is 52.1 Å². The van der Waals surface area contributed by atoms with Gasteiger partial charge in [0.2, 0.25) is 0 Å². The summed E-state index contributed by atoms with van der Waals surface area (Å²) in [5, 5.41) is 0. The minimum Gasteiger partial charge on any atom is -0.376 e. The molecule has 1 aliphatic heterocycles. The van der Waals surface area contributed by atoms with Crippen LogP contribution in [0.15, 0.2) is 0 Å². The maximum Gasteiger partial charge on any atom is 0.138 e. The standard InChI is InChI=1S/C12H16N2O2/c1-3-9(15)6-12-10-7-16-5-4-11(10)13-8(2)14-12/h3-7H2,1-2H3. The highest BCUT2D eigenvalue weighted by Gasteiger charge is 2.18. The molecule has 0 spiro atoms. The lowest BCUT2D eigenvalue weighted by atomic mass is 10.0. The number of aryl methyl sites for hydroxylation is 1. The zero-order valence-electron chi connectivity index (χ0n) is 9.75. The van der Waals surface area contributed by atoms with Gasteiger partial charge in [-0.15, -0.1) is 0 Å². The first-order valence-corrected chi connectivity index (χ1v) is 5.65. The number of rotatable bonds is 3. The fourth-order valence-corrected chi connectivity index (χ4v) is 1.89. The molecule has 16 heavy (non-hydrogen) atoms. The Bertz CT molecular complexity index is 416. The summed E-state index contributed by atoms with van der Waals surface area (Å²) in [4.78, 5) is 20.2. The molecule has 4 heteroatoms. The monoisotopic (exact) mass is 220 g/mol. The molecule has 0 aromatic carbocycles. The molecule has 0 aliphatic carbocycles. The molecule has 1 aromatic rings. The zero-order valence-corrected chi connectivity index (χ0v) is 9.75. The van der Waals surface area contributed by atoms with E-state index in [2.05, 4.69) is 9.97 Å². The third kappa shape index (κ3) is 2.27. The molecule has 0 fully saturated rings. The summed E-state index contributed by atoms with van der Waals surface area (Å²) in [7, 11) is 0. The largest absolute Gasteiger partial charge is 0.376 e. The average Bonchev–Trinajstić information content (AvgIpc) is 2.28. The van der Waals surface area contributed by atoms with Crippen LogP contribution >= 0.6 is 0 Å². The molecule has 0 N–H and O–H groups in total. The normalized spacial score (nSPS) is 14.6. The second-order valence-corrected chi connectivity index (χ2v) is 4.01. The molecule has 0 unspecified atom stereocenters. The van der Waals surface area contributed by atoms with Crippen LogP contribution in [0.2, 0.25) is 0 Å². The van der Waals surface area contributed by atoms with Crippen LogP contribution in [-0.4, -0.2) is 22.4 Å². The van der Waals surface area contributed by atoms with Crippen LogP contribution < -0.4 is 0 Å². The molecule has 2 rings (SSSR count). The lowest BCUT2D eigenvalue weighted by Gasteiger charge is -2.18. The number of fused-ring (bicyclic) bond motifs is 1. The van der Waals surface area contributed by atoms with Crippen molar-refractivity contribution in [3.63, 3.8) is 0 Å². The van der Waals surface area contributed by atoms with Gasteiger partial charge in [0.05, 0.1) is 24.6 Å². The fraction of sp³-hybridized carbons (Fsp3) is 0.583. The van der Waals surface area contributed by atoms with Crippen LogP contribution in [0.4, 0.5) is 0 Å². The van der Waals surface area contributed by atoms with Crippen LogP contribution in [0, 0.1) is 6.92 Å². The summed E-state index contributed by atoms with van der Waals surface area (Å²) in [6.45, 7) is 5.00. The summed E-state index contributed by atoms with van der Waals surface area (Å²) in [5.74, 6) is 0.963. The Morgan fingerprint density at radius 3 is 3.00 bits per heavy atom. The quantitative estimate of drug-likeness (QED) is 0.772. The van der Waals surface area contributed by atoms with Gasteiger partial charge >= 0.3 is 0 Å². The van der Waals surface area contributed by atoms with E-state index >= 15 is 0 Å². The van der Waals surface area contributed by atoms with Crippen molar-refractivity contribution in [1.82, 2.24) is 9.97 Å². The SMILES string of the molecule is CCC(=O)Cc1nc(C)nc2c1COCC2. The molecule has 0 radical (unpaired) electrons. The van der Waals surface area contributed by atoms with E-state index in [1.807, 2.05) is 13.8 Å². The van der Waals surface area contributed by atoms with Crippen molar-refractivity contribution in [2.45, 2.75) is 39.7 Å². The highest BCUT2D eigenvalue weighted by atomic mass is 16.5. The second kappa shape index (κ2) is 4.70. The predicted octanol–water partition coefficient (Wildman–Crippen LogP) is 1.38. The Morgan fingerprint density at radius 1 is 1.44 bits per heavy atom. The Labute approximate surface area is 95.1 Å². The van der Waals surface area contributed by atoms with Crippen molar-refractivity contribution >= 4 is 5.78 Å². The number of nitrogens with zero attached hydrogens (tertiary/aromatic N) is 2. The maximum absolute atomic E-state index is 11.5. The Kier molecular flexibility index (Phi) is 3.29. The van der Waals surface area contributed by atoms with Crippen LogP contribution in [-0.2, 0) is 29.0 Å². The van der Waals surface area contributed by atoms with Gasteiger partial charge in [-0.1, -0.05) is 6.92 Å². The van der Waals surface area contributed by atoms with E-state index in [0.717, 1.165) is 29.2 Å². The molecule has 0 saturated carbocycles. The molecule has 0 saturated heterocycles. The van der Waals surface area contributed by atoms with Crippen molar-refractivity contribution in [2.75, 3.05) is 6.61 Å². The molecule has 1 aliphatic rings. The van der Waals surface area contributed by atoms with Gasteiger partial charge in [-0.3, -0.25) is 4.79 Å². The summed E-state index contributed by atoms with van der Waals surface area (Å²) < 4.78 is 5.40. The predicted molar refractivity (Wildman–Crippen MR) is 59.1 cm³/mol. The number of carbonyl (C=O) groups excluding carboxylic acids is 1. The summed E-state index contributed by atoms with van der Waals surface area (Å²) in [6, 6.07) is 0. The highest BCUT2D eigenvalue weighted by molar-refractivity contribution is 5.80. The van der Waals surface area contributed by atoms with Gasteiger partial charge in [0, 0.05) is 24.8 Å². The molecule has 4 nitrogen and oxygen atoms in total. The molecule has 2 heterocycles. The van der Waals surface area contributed by atoms with Crippen LogP contribution in [0.25, 0.3) is 0 Å². The highest BCUT2D eigenvalue weighted by Crippen LogP contribution is 2.19. The average molecular weight is 220 g/mol. The van der Waals surface area contributed by atoms with Gasteiger partial charge in [0.15, 0.2) is 0 Å². The summed E-state index contributed by atoms with van der Waals surface area (Å²) >= 11 is 0. The van der Waals surface area contributed by atoms with Gasteiger partial charge in [-0.2, -0.15) is 0 Å². The maximum atomic E-state index is 11.5. The summed E-state index contributed by atoms with van der Waals surface area (Å²) in [6.07, 6.45) is 1.79. The first-order chi connectivity index (χ1) is 7.70. The van der Waals surface area contributed by atoms with E-state index < -0.39 is 0 Å². The summed E-state index contributed by atoms with van der Waals surface area (Å²) in [5.41, 5.74) is 2.94. The number of hydrogen-bond acceptors (Lipinski definition) is 4. The van der Waals surface area contributed by atoms with Gasteiger partial charge in [0.25, 0.3) is 0 Å². The van der Waals surface area contributed by atoms with E-state index in [0.29, 0.717) is 26.1 Å². The fourth-order valence-electron chi connectivity index (χ4n) is 1.89. The van der Waals surface area contributed by atoms with E-state index in [-0.39, 0.29) is 5.78 Å². The molecular formula is C12H16N2O2. The smallest absolute Gasteiger partial charge is 0.138 e. The number of hydrogen-bond donors (Lipinski definition) is 0. The van der Waals surface area contributed by atoms with Crippen LogP contribution in [0.5, 0.6) is 0 Å². The first-order valence-electron chi connectivity index (χ1n) is 5.65. The first kappa shape index (κ1) is 11.2. The molecular weight excluding hydrogens is 204 g/mol. The van der Waals surface area contributed by atoms with Crippen molar-refractivity contribution in [1.29, 1.82) is 0 Å². The lowest BCUT2D eigenvalue weighted by molar-refractivity contribution is -0.118. The van der Waals surface area contributed by atoms with Crippen LogP contribution in [0.1, 0.15) is 36.1 Å². The number of ether oxygens (including phenoxy) is 1. The molecule has 86 valence electrons. The second-order valence-electron chi connectivity index (χ2n) is 4.01.